The summed E-state index contributed by atoms with van der Waals surface area (Å²) in [5.74, 6) is 0.496. The van der Waals surface area contributed by atoms with Gasteiger partial charge in [0.15, 0.2) is 16.7 Å². The molecule has 2 amide bonds. The number of amides is 2. The fourth-order valence-corrected chi connectivity index (χ4v) is 4.40. The van der Waals surface area contributed by atoms with Crippen molar-refractivity contribution in [3.63, 3.8) is 0 Å². The molecule has 32 heavy (non-hydrogen) atoms. The van der Waals surface area contributed by atoms with Gasteiger partial charge in [-0.15, -0.1) is 0 Å². The molecule has 3 rings (SSSR count). The first kappa shape index (κ1) is 23.6. The lowest BCUT2D eigenvalue weighted by molar-refractivity contribution is -0.130. The predicted octanol–water partition coefficient (Wildman–Crippen LogP) is 3.54. The number of nitrogens with zero attached hydrogens (tertiary/aromatic N) is 2. The van der Waals surface area contributed by atoms with Crippen molar-refractivity contribution in [1.29, 1.82) is 0 Å². The maximum absolute atomic E-state index is 13.3. The second-order valence-electron chi connectivity index (χ2n) is 7.06. The van der Waals surface area contributed by atoms with Gasteiger partial charge in [-0.25, -0.2) is 9.38 Å². The Balaban J connectivity index is 1.83. The third kappa shape index (κ3) is 5.79. The molecule has 0 aromatic heterocycles. The summed E-state index contributed by atoms with van der Waals surface area (Å²) in [7, 11) is 3.14. The van der Waals surface area contributed by atoms with Crippen LogP contribution >= 0.6 is 11.8 Å². The molecular formula is C23H26FN3O4S. The SMILES string of the molecule is CCNC(=O)[C@H]1CC(=O)N(CCc2ccc(OC)c(OC)c2)C(=Nc2ccc(F)cc2)S1. The van der Waals surface area contributed by atoms with Gasteiger partial charge in [-0.1, -0.05) is 17.8 Å². The molecule has 9 heteroatoms. The molecule has 170 valence electrons. The van der Waals surface area contributed by atoms with Gasteiger partial charge in [0, 0.05) is 19.5 Å². The van der Waals surface area contributed by atoms with Crippen molar-refractivity contribution in [2.75, 3.05) is 27.3 Å². The molecule has 1 fully saturated rings. The number of carbonyl (C=O) groups is 2. The van der Waals surface area contributed by atoms with Crippen LogP contribution in [0.4, 0.5) is 10.1 Å². The highest BCUT2D eigenvalue weighted by Crippen LogP contribution is 2.31. The van der Waals surface area contributed by atoms with Crippen molar-refractivity contribution >= 4 is 34.4 Å². The molecule has 1 aliphatic heterocycles. The molecule has 0 aliphatic carbocycles. The van der Waals surface area contributed by atoms with Gasteiger partial charge in [0.05, 0.1) is 25.2 Å². The van der Waals surface area contributed by atoms with E-state index in [1.807, 2.05) is 25.1 Å². The number of hydrogen-bond acceptors (Lipinski definition) is 6. The van der Waals surface area contributed by atoms with E-state index in [4.69, 9.17) is 9.47 Å². The Morgan fingerprint density at radius 2 is 1.91 bits per heavy atom. The molecule has 1 heterocycles. The van der Waals surface area contributed by atoms with Gasteiger partial charge in [-0.3, -0.25) is 14.5 Å². The lowest BCUT2D eigenvalue weighted by atomic mass is 10.1. The van der Waals surface area contributed by atoms with Crippen LogP contribution in [0.3, 0.4) is 0 Å². The first-order valence-electron chi connectivity index (χ1n) is 10.2. The second-order valence-corrected chi connectivity index (χ2v) is 8.23. The van der Waals surface area contributed by atoms with Gasteiger partial charge in [0.25, 0.3) is 0 Å². The van der Waals surface area contributed by atoms with E-state index in [2.05, 4.69) is 10.3 Å². The summed E-state index contributed by atoms with van der Waals surface area (Å²) in [6.45, 7) is 2.69. The van der Waals surface area contributed by atoms with Crippen LogP contribution in [0.2, 0.25) is 0 Å². The minimum absolute atomic E-state index is 0.0882. The van der Waals surface area contributed by atoms with Crippen molar-refractivity contribution in [2.45, 2.75) is 25.0 Å². The number of benzene rings is 2. The lowest BCUT2D eigenvalue weighted by Crippen LogP contribution is -2.47. The first-order valence-corrected chi connectivity index (χ1v) is 11.1. The van der Waals surface area contributed by atoms with Crippen LogP contribution in [-0.4, -0.2) is 54.4 Å². The van der Waals surface area contributed by atoms with Crippen LogP contribution in [0.1, 0.15) is 18.9 Å². The van der Waals surface area contributed by atoms with Gasteiger partial charge in [-0.2, -0.15) is 0 Å². The van der Waals surface area contributed by atoms with Crippen molar-refractivity contribution in [2.24, 2.45) is 4.99 Å². The summed E-state index contributed by atoms with van der Waals surface area (Å²) in [5.41, 5.74) is 1.47. The van der Waals surface area contributed by atoms with E-state index >= 15 is 0 Å². The van der Waals surface area contributed by atoms with E-state index in [1.165, 1.54) is 36.0 Å². The third-order valence-electron chi connectivity index (χ3n) is 4.91. The van der Waals surface area contributed by atoms with Crippen LogP contribution in [-0.2, 0) is 16.0 Å². The Hall–Kier alpha value is -3.07. The molecule has 1 N–H and O–H groups in total. The highest BCUT2D eigenvalue weighted by atomic mass is 32.2. The van der Waals surface area contributed by atoms with Crippen molar-refractivity contribution in [1.82, 2.24) is 10.2 Å². The molecule has 2 aromatic rings. The van der Waals surface area contributed by atoms with Gasteiger partial charge >= 0.3 is 0 Å². The zero-order valence-electron chi connectivity index (χ0n) is 18.3. The third-order valence-corrected chi connectivity index (χ3v) is 6.09. The van der Waals surface area contributed by atoms with Crippen molar-refractivity contribution < 1.29 is 23.5 Å². The van der Waals surface area contributed by atoms with Gasteiger partial charge in [0.1, 0.15) is 5.82 Å². The monoisotopic (exact) mass is 459 g/mol. The Morgan fingerprint density at radius 3 is 2.56 bits per heavy atom. The van der Waals surface area contributed by atoms with Gasteiger partial charge < -0.3 is 14.8 Å². The Morgan fingerprint density at radius 1 is 1.19 bits per heavy atom. The summed E-state index contributed by atoms with van der Waals surface area (Å²) in [4.78, 5) is 31.5. The summed E-state index contributed by atoms with van der Waals surface area (Å²) >= 11 is 1.24. The number of aliphatic imine (C=N–C) groups is 1. The minimum atomic E-state index is -0.557. The number of hydrogen-bond donors (Lipinski definition) is 1. The number of methoxy groups -OCH3 is 2. The van der Waals surface area contributed by atoms with Crippen LogP contribution in [0.5, 0.6) is 11.5 Å². The number of halogens is 1. The van der Waals surface area contributed by atoms with E-state index in [0.29, 0.717) is 41.9 Å². The molecule has 0 bridgehead atoms. The average molecular weight is 460 g/mol. The lowest BCUT2D eigenvalue weighted by Gasteiger charge is -2.31. The number of ether oxygens (including phenoxy) is 2. The van der Waals surface area contributed by atoms with Crippen LogP contribution in [0.25, 0.3) is 0 Å². The molecule has 1 aliphatic rings. The van der Waals surface area contributed by atoms with Crippen LogP contribution in [0, 0.1) is 5.82 Å². The molecule has 1 atom stereocenters. The molecule has 1 saturated heterocycles. The smallest absolute Gasteiger partial charge is 0.234 e. The molecule has 0 saturated carbocycles. The van der Waals surface area contributed by atoms with E-state index in [0.717, 1.165) is 5.56 Å². The number of amidine groups is 1. The maximum atomic E-state index is 13.3. The fourth-order valence-electron chi connectivity index (χ4n) is 3.25. The number of thioether (sulfide) groups is 1. The summed E-state index contributed by atoms with van der Waals surface area (Å²) in [5, 5.41) is 2.63. The van der Waals surface area contributed by atoms with Gasteiger partial charge in [-0.05, 0) is 55.3 Å². The maximum Gasteiger partial charge on any atom is 0.234 e. The average Bonchev–Trinajstić information content (AvgIpc) is 2.79. The largest absolute Gasteiger partial charge is 0.493 e. The Kier molecular flexibility index (Phi) is 8.10. The number of rotatable bonds is 8. The highest BCUT2D eigenvalue weighted by Gasteiger charge is 2.35. The molecule has 0 radical (unpaired) electrons. The number of carbonyl (C=O) groups excluding carboxylic acids is 2. The van der Waals surface area contributed by atoms with E-state index < -0.39 is 5.25 Å². The molecule has 2 aromatic carbocycles. The van der Waals surface area contributed by atoms with Crippen LogP contribution in [0.15, 0.2) is 47.5 Å². The van der Waals surface area contributed by atoms with Crippen molar-refractivity contribution in [3.05, 3.63) is 53.8 Å². The predicted molar refractivity (Wildman–Crippen MR) is 123 cm³/mol. The summed E-state index contributed by atoms with van der Waals surface area (Å²) in [6, 6.07) is 11.3. The summed E-state index contributed by atoms with van der Waals surface area (Å²) in [6.07, 6.45) is 0.645. The molecule has 0 unspecified atom stereocenters. The van der Waals surface area contributed by atoms with E-state index in [-0.39, 0.29) is 24.1 Å². The van der Waals surface area contributed by atoms with E-state index in [1.54, 1.807) is 19.1 Å². The van der Waals surface area contributed by atoms with Crippen molar-refractivity contribution in [3.8, 4) is 11.5 Å². The normalized spacial score (nSPS) is 17.4. The topological polar surface area (TPSA) is 80.2 Å². The standard InChI is InChI=1S/C23H26FN3O4S/c1-4-25-22(29)20-14-21(28)27(23(32-20)26-17-8-6-16(24)7-9-17)12-11-15-5-10-18(30-2)19(13-15)31-3/h5-10,13,20H,4,11-12,14H2,1-3H3,(H,25,29)/t20-/m1/s1. The molecular weight excluding hydrogens is 433 g/mol. The first-order chi connectivity index (χ1) is 15.4. The quantitative estimate of drug-likeness (QED) is 0.653. The minimum Gasteiger partial charge on any atom is -0.493 e. The van der Waals surface area contributed by atoms with Crippen LogP contribution < -0.4 is 14.8 Å². The number of nitrogens with one attached hydrogen (secondary N) is 1. The second kappa shape index (κ2) is 11.0. The zero-order valence-corrected chi connectivity index (χ0v) is 19.1. The summed E-state index contributed by atoms with van der Waals surface area (Å²) < 4.78 is 23.9. The fraction of sp³-hybridized carbons (Fsp3) is 0.348. The van der Waals surface area contributed by atoms with E-state index in [9.17, 15) is 14.0 Å². The van der Waals surface area contributed by atoms with Gasteiger partial charge in [0.2, 0.25) is 11.8 Å². The highest BCUT2D eigenvalue weighted by molar-refractivity contribution is 8.15. The molecule has 7 nitrogen and oxygen atoms in total. The Labute approximate surface area is 191 Å². The molecule has 0 spiro atoms. The zero-order chi connectivity index (χ0) is 23.1. The Bertz CT molecular complexity index is 997.